The van der Waals surface area contributed by atoms with Crippen LogP contribution >= 0.6 is 11.6 Å². The van der Waals surface area contributed by atoms with E-state index in [1.807, 2.05) is 19.2 Å². The third-order valence-electron chi connectivity index (χ3n) is 1.51. The highest BCUT2D eigenvalue weighted by Gasteiger charge is 1.97. The van der Waals surface area contributed by atoms with Crippen LogP contribution in [0, 0.1) is 6.92 Å². The molecule has 0 aromatic carbocycles. The lowest BCUT2D eigenvalue weighted by atomic mass is 10.2. The van der Waals surface area contributed by atoms with E-state index in [-0.39, 0.29) is 0 Å². The third-order valence-corrected chi connectivity index (χ3v) is 1.90. The van der Waals surface area contributed by atoms with Gasteiger partial charge in [0.15, 0.2) is 0 Å². The second-order valence-corrected chi connectivity index (χ2v) is 2.86. The largest absolute Gasteiger partial charge is 0.330 e. The van der Waals surface area contributed by atoms with Crippen LogP contribution in [0.5, 0.6) is 0 Å². The van der Waals surface area contributed by atoms with Crippen molar-refractivity contribution >= 4 is 11.6 Å². The minimum absolute atomic E-state index is 0.640. The Morgan fingerprint density at radius 1 is 1.64 bits per heavy atom. The van der Waals surface area contributed by atoms with Gasteiger partial charge < -0.3 is 5.73 Å². The van der Waals surface area contributed by atoms with Crippen molar-refractivity contribution in [2.45, 2.75) is 13.3 Å². The van der Waals surface area contributed by atoms with Gasteiger partial charge in [0.05, 0.1) is 10.7 Å². The fourth-order valence-corrected chi connectivity index (χ4v) is 1.04. The number of nitrogens with two attached hydrogens (primary N) is 1. The lowest BCUT2D eigenvalue weighted by Crippen LogP contribution is -2.03. The van der Waals surface area contributed by atoms with Crippen molar-refractivity contribution in [1.82, 2.24) is 4.98 Å². The van der Waals surface area contributed by atoms with Gasteiger partial charge in [0.1, 0.15) is 0 Å². The van der Waals surface area contributed by atoms with Crippen molar-refractivity contribution in [1.29, 1.82) is 0 Å². The van der Waals surface area contributed by atoms with Gasteiger partial charge in [-0.05, 0) is 31.5 Å². The van der Waals surface area contributed by atoms with E-state index < -0.39 is 0 Å². The molecule has 0 atom stereocenters. The first-order valence-electron chi connectivity index (χ1n) is 3.55. The van der Waals surface area contributed by atoms with Crippen LogP contribution in [-0.2, 0) is 6.42 Å². The first-order chi connectivity index (χ1) is 5.24. The van der Waals surface area contributed by atoms with Crippen LogP contribution in [-0.4, -0.2) is 11.5 Å². The third kappa shape index (κ3) is 2.17. The highest BCUT2D eigenvalue weighted by Crippen LogP contribution is 2.13. The first kappa shape index (κ1) is 8.50. The van der Waals surface area contributed by atoms with Crippen LogP contribution in [0.4, 0.5) is 0 Å². The minimum atomic E-state index is 0.640. The van der Waals surface area contributed by atoms with E-state index in [1.165, 1.54) is 0 Å². The van der Waals surface area contributed by atoms with Gasteiger partial charge >= 0.3 is 0 Å². The maximum atomic E-state index is 5.85. The van der Waals surface area contributed by atoms with Crippen molar-refractivity contribution in [3.05, 3.63) is 28.5 Å². The van der Waals surface area contributed by atoms with Gasteiger partial charge in [-0.25, -0.2) is 0 Å². The number of halogens is 1. The van der Waals surface area contributed by atoms with Crippen LogP contribution in [0.25, 0.3) is 0 Å². The molecule has 0 saturated carbocycles. The van der Waals surface area contributed by atoms with Gasteiger partial charge in [-0.3, -0.25) is 4.98 Å². The summed E-state index contributed by atoms with van der Waals surface area (Å²) in [6, 6.07) is 1.91. The predicted molar refractivity (Wildman–Crippen MR) is 46.7 cm³/mol. The molecule has 2 N–H and O–H groups in total. The van der Waals surface area contributed by atoms with Crippen LogP contribution in [0.1, 0.15) is 11.3 Å². The quantitative estimate of drug-likeness (QED) is 0.732. The molecule has 1 aromatic rings. The van der Waals surface area contributed by atoms with Gasteiger partial charge in [-0.2, -0.15) is 0 Å². The molecule has 60 valence electrons. The zero-order chi connectivity index (χ0) is 8.27. The normalized spacial score (nSPS) is 10.1. The number of aromatic nitrogens is 1. The molecule has 1 rings (SSSR count). The molecule has 0 aliphatic heterocycles. The summed E-state index contributed by atoms with van der Waals surface area (Å²) in [5.41, 5.74) is 7.35. The maximum absolute atomic E-state index is 5.85. The minimum Gasteiger partial charge on any atom is -0.330 e. The Labute approximate surface area is 71.4 Å². The summed E-state index contributed by atoms with van der Waals surface area (Å²) < 4.78 is 0. The van der Waals surface area contributed by atoms with E-state index in [1.54, 1.807) is 0 Å². The topological polar surface area (TPSA) is 38.9 Å². The molecular weight excluding hydrogens is 160 g/mol. The zero-order valence-electron chi connectivity index (χ0n) is 6.47. The Balaban J connectivity index is 2.86. The molecule has 1 heterocycles. The molecule has 0 aliphatic carbocycles. The van der Waals surface area contributed by atoms with Crippen LogP contribution < -0.4 is 5.73 Å². The zero-order valence-corrected chi connectivity index (χ0v) is 7.23. The van der Waals surface area contributed by atoms with E-state index in [0.29, 0.717) is 6.54 Å². The van der Waals surface area contributed by atoms with Gasteiger partial charge in [0, 0.05) is 6.20 Å². The van der Waals surface area contributed by atoms with Crippen molar-refractivity contribution in [2.75, 3.05) is 6.54 Å². The molecule has 2 nitrogen and oxygen atoms in total. The molecule has 0 spiro atoms. The van der Waals surface area contributed by atoms with Crippen LogP contribution in [0.2, 0.25) is 5.02 Å². The highest BCUT2D eigenvalue weighted by atomic mass is 35.5. The summed E-state index contributed by atoms with van der Waals surface area (Å²) in [5, 5.41) is 0.718. The Morgan fingerprint density at radius 3 is 2.91 bits per heavy atom. The van der Waals surface area contributed by atoms with Crippen LogP contribution in [0.15, 0.2) is 12.3 Å². The standard InChI is InChI=1S/C8H11ClN2/c1-6-8(9)4-7(2-3-10)5-11-6/h4-5H,2-3,10H2,1H3. The number of hydrogen-bond acceptors (Lipinski definition) is 2. The summed E-state index contributed by atoms with van der Waals surface area (Å²) in [4.78, 5) is 4.11. The highest BCUT2D eigenvalue weighted by molar-refractivity contribution is 6.31. The van der Waals surface area contributed by atoms with Gasteiger partial charge in [0.2, 0.25) is 0 Å². The lowest BCUT2D eigenvalue weighted by molar-refractivity contribution is 0.954. The molecule has 11 heavy (non-hydrogen) atoms. The molecular formula is C8H11ClN2. The molecule has 0 radical (unpaired) electrons. The maximum Gasteiger partial charge on any atom is 0.0621 e. The Kier molecular flexibility index (Phi) is 2.85. The monoisotopic (exact) mass is 170 g/mol. The molecule has 0 amide bonds. The van der Waals surface area contributed by atoms with Crippen molar-refractivity contribution in [2.24, 2.45) is 5.73 Å². The molecule has 0 unspecified atom stereocenters. The molecule has 0 saturated heterocycles. The number of pyridine rings is 1. The number of nitrogens with zero attached hydrogens (tertiary/aromatic N) is 1. The second-order valence-electron chi connectivity index (χ2n) is 2.45. The summed E-state index contributed by atoms with van der Waals surface area (Å²) in [7, 11) is 0. The fourth-order valence-electron chi connectivity index (χ4n) is 0.849. The van der Waals surface area contributed by atoms with Crippen molar-refractivity contribution in [3.8, 4) is 0 Å². The number of aryl methyl sites for hydroxylation is 1. The van der Waals surface area contributed by atoms with E-state index >= 15 is 0 Å². The Morgan fingerprint density at radius 2 is 2.36 bits per heavy atom. The SMILES string of the molecule is Cc1ncc(CCN)cc1Cl. The average molecular weight is 171 g/mol. The molecule has 0 bridgehead atoms. The van der Waals surface area contributed by atoms with E-state index in [4.69, 9.17) is 17.3 Å². The van der Waals surface area contributed by atoms with E-state index in [2.05, 4.69) is 4.98 Å². The predicted octanol–water partition coefficient (Wildman–Crippen LogP) is 1.54. The number of hydrogen-bond donors (Lipinski definition) is 1. The summed E-state index contributed by atoms with van der Waals surface area (Å²) in [5.74, 6) is 0. The van der Waals surface area contributed by atoms with Crippen molar-refractivity contribution < 1.29 is 0 Å². The van der Waals surface area contributed by atoms with Gasteiger partial charge in [0.25, 0.3) is 0 Å². The summed E-state index contributed by atoms with van der Waals surface area (Å²) in [6.45, 7) is 2.52. The summed E-state index contributed by atoms with van der Waals surface area (Å²) >= 11 is 5.85. The second kappa shape index (κ2) is 3.69. The number of rotatable bonds is 2. The summed E-state index contributed by atoms with van der Waals surface area (Å²) in [6.07, 6.45) is 2.65. The van der Waals surface area contributed by atoms with Gasteiger partial charge in [-0.1, -0.05) is 11.6 Å². The smallest absolute Gasteiger partial charge is 0.0621 e. The van der Waals surface area contributed by atoms with Gasteiger partial charge in [-0.15, -0.1) is 0 Å². The molecule has 1 aromatic heterocycles. The molecule has 0 aliphatic rings. The van der Waals surface area contributed by atoms with E-state index in [9.17, 15) is 0 Å². The lowest BCUT2D eigenvalue weighted by Gasteiger charge is -2.00. The Hall–Kier alpha value is -0.600. The van der Waals surface area contributed by atoms with E-state index in [0.717, 1.165) is 22.7 Å². The van der Waals surface area contributed by atoms with Crippen LogP contribution in [0.3, 0.4) is 0 Å². The van der Waals surface area contributed by atoms with Crippen molar-refractivity contribution in [3.63, 3.8) is 0 Å². The molecule has 0 fully saturated rings. The fraction of sp³-hybridized carbons (Fsp3) is 0.375. The molecule has 3 heteroatoms. The average Bonchev–Trinajstić information content (AvgIpc) is 1.98. The Bertz CT molecular complexity index is 248. The first-order valence-corrected chi connectivity index (χ1v) is 3.93.